The van der Waals surface area contributed by atoms with Crippen LogP contribution < -0.4 is 0 Å². The molecule has 0 saturated heterocycles. The van der Waals surface area contributed by atoms with Crippen LogP contribution in [0, 0.1) is 0 Å². The van der Waals surface area contributed by atoms with Gasteiger partial charge in [-0.3, -0.25) is 0 Å². The summed E-state index contributed by atoms with van der Waals surface area (Å²) in [5, 5.41) is 9.41. The largest absolute Gasteiger partial charge is 0.389 e. The summed E-state index contributed by atoms with van der Waals surface area (Å²) >= 11 is 1.88. The Morgan fingerprint density at radius 2 is 2.00 bits per heavy atom. The van der Waals surface area contributed by atoms with Crippen LogP contribution >= 0.6 is 11.8 Å². The Kier molecular flexibility index (Phi) is 4.95. The minimum Gasteiger partial charge on any atom is -0.389 e. The third-order valence-electron chi connectivity index (χ3n) is 1.50. The average molecular weight is 188 g/mol. The highest BCUT2D eigenvalue weighted by Gasteiger charge is 2.11. The molecular formula is C10H20OS. The van der Waals surface area contributed by atoms with Crippen LogP contribution in [0.3, 0.4) is 0 Å². The molecule has 0 aliphatic rings. The highest BCUT2D eigenvalue weighted by Crippen LogP contribution is 2.24. The van der Waals surface area contributed by atoms with Crippen LogP contribution in [-0.2, 0) is 0 Å². The summed E-state index contributed by atoms with van der Waals surface area (Å²) in [4.78, 5) is 0. The Bertz CT molecular complexity index is 146. The summed E-state index contributed by atoms with van der Waals surface area (Å²) in [5.41, 5.74) is 0.865. The lowest BCUT2D eigenvalue weighted by atomic mass is 10.1. The van der Waals surface area contributed by atoms with Crippen LogP contribution in [0.5, 0.6) is 0 Å². The summed E-state index contributed by atoms with van der Waals surface area (Å²) in [6, 6.07) is 0. The molecule has 1 nitrogen and oxygen atoms in total. The molecule has 0 aromatic carbocycles. The first-order chi connectivity index (χ1) is 5.33. The molecule has 1 unspecified atom stereocenters. The van der Waals surface area contributed by atoms with Crippen molar-refractivity contribution in [2.24, 2.45) is 0 Å². The first-order valence-corrected chi connectivity index (χ1v) is 5.29. The standard InChI is InChI=1S/C10H20OS/c1-8(2)9(11)6-7-12-10(3,4)5/h9,11H,1,6-7H2,2-5H3. The van der Waals surface area contributed by atoms with E-state index in [4.69, 9.17) is 0 Å². The van der Waals surface area contributed by atoms with E-state index in [9.17, 15) is 5.11 Å². The van der Waals surface area contributed by atoms with E-state index in [1.807, 2.05) is 18.7 Å². The zero-order chi connectivity index (χ0) is 9.78. The predicted octanol–water partition coefficient (Wildman–Crippen LogP) is 2.85. The molecule has 12 heavy (non-hydrogen) atoms. The van der Waals surface area contributed by atoms with Gasteiger partial charge in [-0.2, -0.15) is 11.8 Å². The highest BCUT2D eigenvalue weighted by molar-refractivity contribution is 8.00. The smallest absolute Gasteiger partial charge is 0.0752 e. The van der Waals surface area contributed by atoms with Crippen molar-refractivity contribution < 1.29 is 5.11 Å². The highest BCUT2D eigenvalue weighted by atomic mass is 32.2. The minimum absolute atomic E-state index is 0.300. The van der Waals surface area contributed by atoms with Crippen LogP contribution in [0.25, 0.3) is 0 Å². The van der Waals surface area contributed by atoms with E-state index in [-0.39, 0.29) is 6.10 Å². The van der Waals surface area contributed by atoms with E-state index >= 15 is 0 Å². The molecule has 0 aromatic heterocycles. The molecule has 0 spiro atoms. The van der Waals surface area contributed by atoms with E-state index < -0.39 is 0 Å². The van der Waals surface area contributed by atoms with Gasteiger partial charge in [0.2, 0.25) is 0 Å². The zero-order valence-electron chi connectivity index (χ0n) is 8.55. The Morgan fingerprint density at radius 1 is 1.50 bits per heavy atom. The van der Waals surface area contributed by atoms with Crippen LogP contribution in [0.15, 0.2) is 12.2 Å². The monoisotopic (exact) mass is 188 g/mol. The number of aliphatic hydroxyl groups is 1. The molecule has 0 aliphatic heterocycles. The Hall–Kier alpha value is 0.0500. The van der Waals surface area contributed by atoms with Gasteiger partial charge in [0.1, 0.15) is 0 Å². The molecule has 0 saturated carbocycles. The summed E-state index contributed by atoms with van der Waals surface area (Å²) in [6.07, 6.45) is 0.497. The Balaban J connectivity index is 3.51. The van der Waals surface area contributed by atoms with Gasteiger partial charge >= 0.3 is 0 Å². The molecule has 0 radical (unpaired) electrons. The second kappa shape index (κ2) is 4.93. The summed E-state index contributed by atoms with van der Waals surface area (Å²) in [6.45, 7) is 12.1. The number of aliphatic hydroxyl groups excluding tert-OH is 1. The van der Waals surface area contributed by atoms with Crippen molar-refractivity contribution in [3.8, 4) is 0 Å². The van der Waals surface area contributed by atoms with Gasteiger partial charge in [0.25, 0.3) is 0 Å². The lowest BCUT2D eigenvalue weighted by Gasteiger charge is -2.18. The second-order valence-corrected chi connectivity index (χ2v) is 6.03. The fraction of sp³-hybridized carbons (Fsp3) is 0.800. The molecule has 0 bridgehead atoms. The third kappa shape index (κ3) is 6.74. The molecule has 0 amide bonds. The fourth-order valence-electron chi connectivity index (χ4n) is 0.723. The number of hydrogen-bond donors (Lipinski definition) is 1. The number of rotatable bonds is 4. The first kappa shape index (κ1) is 12.0. The molecule has 2 heteroatoms. The van der Waals surface area contributed by atoms with E-state index in [1.165, 1.54) is 0 Å². The van der Waals surface area contributed by atoms with E-state index in [2.05, 4.69) is 27.4 Å². The summed E-state index contributed by atoms with van der Waals surface area (Å²) < 4.78 is 0.300. The Labute approximate surface area is 80.3 Å². The molecule has 0 aromatic rings. The molecule has 1 N–H and O–H groups in total. The number of thioether (sulfide) groups is 1. The summed E-state index contributed by atoms with van der Waals surface area (Å²) in [5.74, 6) is 0.998. The van der Waals surface area contributed by atoms with Gasteiger partial charge in [0.15, 0.2) is 0 Å². The van der Waals surface area contributed by atoms with Crippen molar-refractivity contribution in [2.45, 2.75) is 45.0 Å². The Morgan fingerprint density at radius 3 is 2.33 bits per heavy atom. The van der Waals surface area contributed by atoms with E-state index in [1.54, 1.807) is 0 Å². The van der Waals surface area contributed by atoms with Gasteiger partial charge in [-0.1, -0.05) is 32.9 Å². The lowest BCUT2D eigenvalue weighted by Crippen LogP contribution is -2.13. The normalized spacial score (nSPS) is 14.4. The molecule has 72 valence electrons. The van der Waals surface area contributed by atoms with Crippen molar-refractivity contribution >= 4 is 11.8 Å². The van der Waals surface area contributed by atoms with Gasteiger partial charge in [0.05, 0.1) is 6.10 Å². The molecule has 0 heterocycles. The van der Waals surface area contributed by atoms with Crippen molar-refractivity contribution in [3.05, 3.63) is 12.2 Å². The van der Waals surface area contributed by atoms with Crippen LogP contribution in [0.4, 0.5) is 0 Å². The topological polar surface area (TPSA) is 20.2 Å². The molecule has 1 atom stereocenters. The zero-order valence-corrected chi connectivity index (χ0v) is 9.37. The lowest BCUT2D eigenvalue weighted by molar-refractivity contribution is 0.208. The molecule has 0 fully saturated rings. The van der Waals surface area contributed by atoms with Gasteiger partial charge in [-0.25, -0.2) is 0 Å². The average Bonchev–Trinajstić information content (AvgIpc) is 1.84. The number of hydrogen-bond acceptors (Lipinski definition) is 2. The molecule has 0 aliphatic carbocycles. The maximum absolute atomic E-state index is 9.41. The van der Waals surface area contributed by atoms with Gasteiger partial charge in [-0.15, -0.1) is 0 Å². The van der Waals surface area contributed by atoms with Crippen LogP contribution in [0.1, 0.15) is 34.1 Å². The van der Waals surface area contributed by atoms with Crippen molar-refractivity contribution in [1.82, 2.24) is 0 Å². The van der Waals surface area contributed by atoms with Crippen LogP contribution in [0.2, 0.25) is 0 Å². The quantitative estimate of drug-likeness (QED) is 0.685. The van der Waals surface area contributed by atoms with Crippen molar-refractivity contribution in [1.29, 1.82) is 0 Å². The van der Waals surface area contributed by atoms with Crippen molar-refractivity contribution in [3.63, 3.8) is 0 Å². The van der Waals surface area contributed by atoms with Crippen molar-refractivity contribution in [2.75, 3.05) is 5.75 Å². The SMILES string of the molecule is C=C(C)C(O)CCSC(C)(C)C. The molecular weight excluding hydrogens is 168 g/mol. The summed E-state index contributed by atoms with van der Waals surface area (Å²) in [7, 11) is 0. The van der Waals surface area contributed by atoms with Gasteiger partial charge in [-0.05, 0) is 19.1 Å². The second-order valence-electron chi connectivity index (χ2n) is 4.11. The van der Waals surface area contributed by atoms with E-state index in [0.717, 1.165) is 17.7 Å². The maximum Gasteiger partial charge on any atom is 0.0752 e. The fourth-order valence-corrected chi connectivity index (χ4v) is 1.68. The van der Waals surface area contributed by atoms with Gasteiger partial charge in [0, 0.05) is 4.75 Å². The van der Waals surface area contributed by atoms with Crippen LogP contribution in [-0.4, -0.2) is 21.7 Å². The minimum atomic E-state index is -0.320. The predicted molar refractivity (Wildman–Crippen MR) is 57.6 cm³/mol. The first-order valence-electron chi connectivity index (χ1n) is 4.30. The maximum atomic E-state index is 9.41. The van der Waals surface area contributed by atoms with E-state index in [0.29, 0.717) is 4.75 Å². The molecule has 0 rings (SSSR count). The third-order valence-corrected chi connectivity index (χ3v) is 2.80. The van der Waals surface area contributed by atoms with Gasteiger partial charge < -0.3 is 5.11 Å².